The molecule has 158 valence electrons. The van der Waals surface area contributed by atoms with E-state index >= 15 is 0 Å². The molecule has 10 heteroatoms. The molecule has 0 bridgehead atoms. The van der Waals surface area contributed by atoms with Gasteiger partial charge in [0.1, 0.15) is 5.75 Å². The van der Waals surface area contributed by atoms with Gasteiger partial charge in [-0.2, -0.15) is 13.1 Å². The van der Waals surface area contributed by atoms with Crippen molar-refractivity contribution in [2.24, 2.45) is 5.73 Å². The fourth-order valence-corrected chi connectivity index (χ4v) is 3.16. The Kier molecular flexibility index (Phi) is 10.3. The lowest BCUT2D eigenvalue weighted by molar-refractivity contribution is -0.142. The molecule has 0 heterocycles. The summed E-state index contributed by atoms with van der Waals surface area (Å²) in [6.07, 6.45) is 5.58. The summed E-state index contributed by atoms with van der Waals surface area (Å²) in [5, 5.41) is 0. The summed E-state index contributed by atoms with van der Waals surface area (Å²) in [6, 6.07) is 6.27. The fraction of sp³-hybridized carbons (Fsp3) is 0.556. The van der Waals surface area contributed by atoms with Gasteiger partial charge < -0.3 is 19.4 Å². The first kappa shape index (κ1) is 23.7. The van der Waals surface area contributed by atoms with Gasteiger partial charge in [-0.1, -0.05) is 31.4 Å². The molecular weight excluding hydrogens is 388 g/mol. The number of ether oxygens (including phenoxy) is 2. The van der Waals surface area contributed by atoms with Crippen LogP contribution in [0.4, 0.5) is 4.79 Å². The molecule has 0 radical (unpaired) electrons. The van der Waals surface area contributed by atoms with E-state index in [0.29, 0.717) is 11.6 Å². The first-order valence-corrected chi connectivity index (χ1v) is 10.5. The highest BCUT2D eigenvalue weighted by atomic mass is 32.2. The molecule has 1 fully saturated rings. The van der Waals surface area contributed by atoms with E-state index in [0.717, 1.165) is 7.11 Å². The summed E-state index contributed by atoms with van der Waals surface area (Å²) < 4.78 is 37.9. The van der Waals surface area contributed by atoms with Crippen molar-refractivity contribution in [3.8, 4) is 5.75 Å². The molecule has 0 unspecified atom stereocenters. The molecule has 0 aliphatic heterocycles. The van der Waals surface area contributed by atoms with E-state index in [4.69, 9.17) is 10.5 Å². The van der Waals surface area contributed by atoms with Crippen molar-refractivity contribution in [3.63, 3.8) is 0 Å². The Hall–Kier alpha value is -2.33. The van der Waals surface area contributed by atoms with Crippen LogP contribution in [0.3, 0.4) is 0 Å². The second kappa shape index (κ2) is 12.2. The number of rotatable bonds is 6. The number of hydrogen-bond acceptors (Lipinski definition) is 8. The van der Waals surface area contributed by atoms with Crippen molar-refractivity contribution in [1.82, 2.24) is 4.72 Å². The molecule has 28 heavy (non-hydrogen) atoms. The molecule has 1 aliphatic carbocycles. The predicted octanol–water partition coefficient (Wildman–Crippen LogP) is 2.05. The Morgan fingerprint density at radius 2 is 1.75 bits per heavy atom. The van der Waals surface area contributed by atoms with E-state index in [9.17, 15) is 18.0 Å². The van der Waals surface area contributed by atoms with Crippen LogP contribution in [0.25, 0.3) is 0 Å². The van der Waals surface area contributed by atoms with Gasteiger partial charge in [-0.3, -0.25) is 4.79 Å². The van der Waals surface area contributed by atoms with Crippen LogP contribution < -0.4 is 14.6 Å². The number of nitrogens with one attached hydrogen (secondary N) is 1. The van der Waals surface area contributed by atoms with Crippen molar-refractivity contribution in [2.75, 3.05) is 13.7 Å². The van der Waals surface area contributed by atoms with Crippen molar-refractivity contribution >= 4 is 22.4 Å². The van der Waals surface area contributed by atoms with E-state index in [1.54, 1.807) is 6.92 Å². The largest absolute Gasteiger partial charge is 0.466 e. The summed E-state index contributed by atoms with van der Waals surface area (Å²) in [7, 11) is -3.28. The molecule has 3 N–H and O–H groups in total. The maximum atomic E-state index is 11.4. The molecule has 1 amide bonds. The molecule has 9 nitrogen and oxygen atoms in total. The Labute approximate surface area is 165 Å². The zero-order chi connectivity index (χ0) is 21.0. The van der Waals surface area contributed by atoms with Crippen LogP contribution in [0.2, 0.25) is 0 Å². The van der Waals surface area contributed by atoms with E-state index in [1.165, 1.54) is 61.1 Å². The maximum absolute atomic E-state index is 11.4. The number of nitrogens with two attached hydrogens (primary N) is 1. The minimum Gasteiger partial charge on any atom is -0.466 e. The standard InChI is InChI=1S/C12H15NO7S.C6H13N/c1-3-19-11(14)8-9-4-6-10(7-5-9)20-21(16,17)13-12(15)18-2;7-6-4-2-1-3-5-6/h4-7H,3,8H2,1-2H3,(H,13,15);6H,1-5,7H2. The number of esters is 1. The minimum atomic E-state index is -4.31. The highest BCUT2D eigenvalue weighted by Gasteiger charge is 2.17. The van der Waals surface area contributed by atoms with Gasteiger partial charge in [0.2, 0.25) is 0 Å². The van der Waals surface area contributed by atoms with Gasteiger partial charge >= 0.3 is 22.4 Å². The molecule has 1 aromatic carbocycles. The lowest BCUT2D eigenvalue weighted by Gasteiger charge is -2.15. The molecule has 1 saturated carbocycles. The van der Waals surface area contributed by atoms with Crippen molar-refractivity contribution in [1.29, 1.82) is 0 Å². The number of hydrogen-bond donors (Lipinski definition) is 2. The molecule has 1 aromatic rings. The summed E-state index contributed by atoms with van der Waals surface area (Å²) >= 11 is 0. The van der Waals surface area contributed by atoms with Crippen LogP contribution in [0.15, 0.2) is 24.3 Å². The lowest BCUT2D eigenvalue weighted by atomic mass is 9.97. The first-order valence-electron chi connectivity index (χ1n) is 9.06. The number of carbonyl (C=O) groups excluding carboxylic acids is 2. The first-order chi connectivity index (χ1) is 13.3. The van der Waals surface area contributed by atoms with Crippen molar-refractivity contribution < 1.29 is 31.7 Å². The molecule has 0 saturated heterocycles. The van der Waals surface area contributed by atoms with Gasteiger partial charge in [-0.15, -0.1) is 0 Å². The summed E-state index contributed by atoms with van der Waals surface area (Å²) in [4.78, 5) is 22.1. The second-order valence-electron chi connectivity index (χ2n) is 6.15. The molecule has 0 spiro atoms. The third-order valence-electron chi connectivity index (χ3n) is 3.83. The number of amides is 1. The summed E-state index contributed by atoms with van der Waals surface area (Å²) in [5.74, 6) is -0.398. The van der Waals surface area contributed by atoms with Crippen LogP contribution >= 0.6 is 0 Å². The van der Waals surface area contributed by atoms with Crippen LogP contribution in [-0.4, -0.2) is 40.2 Å². The molecule has 0 aromatic heterocycles. The van der Waals surface area contributed by atoms with Gasteiger partial charge in [0.15, 0.2) is 0 Å². The van der Waals surface area contributed by atoms with E-state index in [2.05, 4.69) is 8.92 Å². The van der Waals surface area contributed by atoms with Crippen LogP contribution in [0, 0.1) is 0 Å². The fourth-order valence-electron chi connectivity index (χ4n) is 2.47. The average Bonchev–Trinajstić information content (AvgIpc) is 2.64. The summed E-state index contributed by atoms with van der Waals surface area (Å²) in [6.45, 7) is 1.99. The van der Waals surface area contributed by atoms with Crippen LogP contribution in [0.1, 0.15) is 44.6 Å². The molecule has 1 aliphatic rings. The molecular formula is C18H28N2O7S. The normalized spacial score (nSPS) is 14.2. The molecule has 2 rings (SSSR count). The predicted molar refractivity (Wildman–Crippen MR) is 103 cm³/mol. The van der Waals surface area contributed by atoms with Gasteiger partial charge in [0.05, 0.1) is 20.1 Å². The average molecular weight is 416 g/mol. The second-order valence-corrected chi connectivity index (χ2v) is 7.43. The quantitative estimate of drug-likeness (QED) is 0.673. The van der Waals surface area contributed by atoms with E-state index in [-0.39, 0.29) is 24.7 Å². The topological polar surface area (TPSA) is 134 Å². The van der Waals surface area contributed by atoms with E-state index in [1.807, 2.05) is 0 Å². The SMILES string of the molecule is CCOC(=O)Cc1ccc(OS(=O)(=O)NC(=O)OC)cc1.NC1CCCCC1. The Balaban J connectivity index is 0.000000467. The van der Waals surface area contributed by atoms with Gasteiger partial charge in [-0.05, 0) is 37.5 Å². The van der Waals surface area contributed by atoms with Crippen LogP contribution in [0.5, 0.6) is 5.75 Å². The van der Waals surface area contributed by atoms with Crippen molar-refractivity contribution in [3.05, 3.63) is 29.8 Å². The minimum absolute atomic E-state index is 0.0148. The summed E-state index contributed by atoms with van der Waals surface area (Å²) in [5.41, 5.74) is 6.27. The third-order valence-corrected chi connectivity index (χ3v) is 4.66. The molecule has 0 atom stereocenters. The lowest BCUT2D eigenvalue weighted by Crippen LogP contribution is -2.33. The van der Waals surface area contributed by atoms with E-state index < -0.39 is 16.4 Å². The Bertz CT molecular complexity index is 714. The number of carbonyl (C=O) groups is 2. The van der Waals surface area contributed by atoms with Gasteiger partial charge in [-0.25, -0.2) is 4.79 Å². The number of methoxy groups -OCH3 is 1. The smallest absolute Gasteiger partial charge is 0.423 e. The van der Waals surface area contributed by atoms with Crippen LogP contribution in [-0.2, 0) is 31.0 Å². The highest BCUT2D eigenvalue weighted by Crippen LogP contribution is 2.15. The maximum Gasteiger partial charge on any atom is 0.423 e. The Morgan fingerprint density at radius 1 is 1.14 bits per heavy atom. The third kappa shape index (κ3) is 10.1. The van der Waals surface area contributed by atoms with Crippen molar-refractivity contribution in [2.45, 2.75) is 51.5 Å². The highest BCUT2D eigenvalue weighted by molar-refractivity contribution is 7.85. The Morgan fingerprint density at radius 3 is 2.21 bits per heavy atom. The number of benzene rings is 1. The van der Waals surface area contributed by atoms with Gasteiger partial charge in [0.25, 0.3) is 0 Å². The monoisotopic (exact) mass is 416 g/mol. The zero-order valence-corrected chi connectivity index (χ0v) is 17.0. The zero-order valence-electron chi connectivity index (χ0n) is 16.2. The van der Waals surface area contributed by atoms with Gasteiger partial charge in [0, 0.05) is 6.04 Å².